The van der Waals surface area contributed by atoms with Gasteiger partial charge in [0.15, 0.2) is 0 Å². The maximum Gasteiger partial charge on any atom is 0.0417 e. The van der Waals surface area contributed by atoms with Crippen molar-refractivity contribution in [2.75, 3.05) is 0 Å². The van der Waals surface area contributed by atoms with E-state index in [1.165, 1.54) is 18.4 Å². The maximum atomic E-state index is 5.94. The molecule has 94 valence electrons. The highest BCUT2D eigenvalue weighted by Crippen LogP contribution is 2.31. The van der Waals surface area contributed by atoms with Crippen molar-refractivity contribution in [2.45, 2.75) is 39.3 Å². The van der Waals surface area contributed by atoms with Gasteiger partial charge in [-0.2, -0.15) is 0 Å². The summed E-state index contributed by atoms with van der Waals surface area (Å²) in [7, 11) is 0. The number of hydrogen-bond donors (Lipinski definition) is 1. The second-order valence-corrected chi connectivity index (χ2v) is 6.43. The zero-order valence-electron chi connectivity index (χ0n) is 10.3. The molecule has 3 heteroatoms. The maximum absolute atomic E-state index is 5.94. The standard InChI is InChI=1S/C14H19BrClN/c1-9-3-6-14(10(9)2)17-8-11-4-5-12(16)7-13(11)15/h4-5,7,9-10,14,17H,3,6,8H2,1-2H3. The van der Waals surface area contributed by atoms with Crippen LogP contribution in [0.15, 0.2) is 22.7 Å². The van der Waals surface area contributed by atoms with Crippen molar-refractivity contribution in [2.24, 2.45) is 11.8 Å². The summed E-state index contributed by atoms with van der Waals surface area (Å²) in [6.45, 7) is 5.62. The Labute approximate surface area is 117 Å². The van der Waals surface area contributed by atoms with E-state index in [1.54, 1.807) is 0 Å². The summed E-state index contributed by atoms with van der Waals surface area (Å²) < 4.78 is 1.09. The van der Waals surface area contributed by atoms with Crippen molar-refractivity contribution in [1.82, 2.24) is 5.32 Å². The molecule has 0 radical (unpaired) electrons. The second-order valence-electron chi connectivity index (χ2n) is 5.14. The smallest absolute Gasteiger partial charge is 0.0417 e. The molecule has 1 aliphatic carbocycles. The molecule has 0 amide bonds. The average Bonchev–Trinajstić information content (AvgIpc) is 2.59. The van der Waals surface area contributed by atoms with Crippen LogP contribution < -0.4 is 5.32 Å². The summed E-state index contributed by atoms with van der Waals surface area (Å²) >= 11 is 9.50. The molecule has 0 spiro atoms. The minimum Gasteiger partial charge on any atom is -0.310 e. The Bertz CT molecular complexity index is 394. The van der Waals surface area contributed by atoms with E-state index in [0.29, 0.717) is 6.04 Å². The van der Waals surface area contributed by atoms with Gasteiger partial charge in [0.1, 0.15) is 0 Å². The lowest BCUT2D eigenvalue weighted by atomic mass is 9.98. The number of hydrogen-bond acceptors (Lipinski definition) is 1. The van der Waals surface area contributed by atoms with Crippen LogP contribution in [0, 0.1) is 11.8 Å². The lowest BCUT2D eigenvalue weighted by Crippen LogP contribution is -2.31. The molecule has 1 aromatic rings. The summed E-state index contributed by atoms with van der Waals surface area (Å²) in [5.41, 5.74) is 1.28. The Hall–Kier alpha value is -0.0500. The summed E-state index contributed by atoms with van der Waals surface area (Å²) in [5, 5.41) is 4.45. The van der Waals surface area contributed by atoms with Crippen LogP contribution in [0.4, 0.5) is 0 Å². The minimum absolute atomic E-state index is 0.660. The van der Waals surface area contributed by atoms with Crippen molar-refractivity contribution in [3.05, 3.63) is 33.3 Å². The van der Waals surface area contributed by atoms with Crippen molar-refractivity contribution in [1.29, 1.82) is 0 Å². The molecule has 2 rings (SSSR count). The normalized spacial score (nSPS) is 28.6. The fraction of sp³-hybridized carbons (Fsp3) is 0.571. The number of benzene rings is 1. The Kier molecular flexibility index (Phi) is 4.51. The van der Waals surface area contributed by atoms with E-state index in [9.17, 15) is 0 Å². The lowest BCUT2D eigenvalue weighted by Gasteiger charge is -2.20. The van der Waals surface area contributed by atoms with Crippen molar-refractivity contribution in [3.8, 4) is 0 Å². The Morgan fingerprint density at radius 2 is 2.12 bits per heavy atom. The summed E-state index contributed by atoms with van der Waals surface area (Å²) in [4.78, 5) is 0. The molecule has 0 bridgehead atoms. The lowest BCUT2D eigenvalue weighted by molar-refractivity contribution is 0.369. The van der Waals surface area contributed by atoms with Crippen LogP contribution in [0.1, 0.15) is 32.3 Å². The highest BCUT2D eigenvalue weighted by molar-refractivity contribution is 9.10. The van der Waals surface area contributed by atoms with E-state index < -0.39 is 0 Å². The Morgan fingerprint density at radius 3 is 2.71 bits per heavy atom. The number of halogens is 2. The van der Waals surface area contributed by atoms with E-state index >= 15 is 0 Å². The quantitative estimate of drug-likeness (QED) is 0.857. The monoisotopic (exact) mass is 315 g/mol. The molecule has 1 saturated carbocycles. The van der Waals surface area contributed by atoms with Crippen LogP contribution in [-0.2, 0) is 6.54 Å². The van der Waals surface area contributed by atoms with Crippen LogP contribution in [0.25, 0.3) is 0 Å². The highest BCUT2D eigenvalue weighted by atomic mass is 79.9. The van der Waals surface area contributed by atoms with E-state index in [2.05, 4.69) is 41.2 Å². The molecule has 0 aliphatic heterocycles. The first-order valence-corrected chi connectivity index (χ1v) is 7.42. The molecule has 1 fully saturated rings. The van der Waals surface area contributed by atoms with Gasteiger partial charge in [-0.05, 0) is 42.4 Å². The average molecular weight is 317 g/mol. The first-order valence-electron chi connectivity index (χ1n) is 6.25. The largest absolute Gasteiger partial charge is 0.310 e. The van der Waals surface area contributed by atoms with Gasteiger partial charge in [-0.15, -0.1) is 0 Å². The van der Waals surface area contributed by atoms with Crippen LogP contribution in [-0.4, -0.2) is 6.04 Å². The first-order chi connectivity index (χ1) is 8.08. The van der Waals surface area contributed by atoms with Gasteiger partial charge in [0.2, 0.25) is 0 Å². The Balaban J connectivity index is 1.94. The molecular formula is C14H19BrClN. The molecule has 17 heavy (non-hydrogen) atoms. The van der Waals surface area contributed by atoms with E-state index in [4.69, 9.17) is 11.6 Å². The zero-order chi connectivity index (χ0) is 12.4. The van der Waals surface area contributed by atoms with Gasteiger partial charge in [0, 0.05) is 22.1 Å². The predicted molar refractivity (Wildman–Crippen MR) is 77.3 cm³/mol. The molecule has 3 atom stereocenters. The Morgan fingerprint density at radius 1 is 1.35 bits per heavy atom. The van der Waals surface area contributed by atoms with E-state index in [1.807, 2.05) is 12.1 Å². The van der Waals surface area contributed by atoms with Crippen LogP contribution in [0.3, 0.4) is 0 Å². The summed E-state index contributed by atoms with van der Waals surface area (Å²) in [5.74, 6) is 1.63. The molecule has 0 saturated heterocycles. The second kappa shape index (κ2) is 5.73. The van der Waals surface area contributed by atoms with Gasteiger partial charge < -0.3 is 5.32 Å². The van der Waals surface area contributed by atoms with Gasteiger partial charge in [-0.3, -0.25) is 0 Å². The number of rotatable bonds is 3. The minimum atomic E-state index is 0.660. The van der Waals surface area contributed by atoms with Crippen molar-refractivity contribution >= 4 is 27.5 Å². The topological polar surface area (TPSA) is 12.0 Å². The van der Waals surface area contributed by atoms with Crippen LogP contribution in [0.2, 0.25) is 5.02 Å². The fourth-order valence-corrected chi connectivity index (χ4v) is 3.38. The summed E-state index contributed by atoms with van der Waals surface area (Å²) in [6.07, 6.45) is 2.65. The third kappa shape index (κ3) is 3.24. The van der Waals surface area contributed by atoms with Gasteiger partial charge in [0.25, 0.3) is 0 Å². The highest BCUT2D eigenvalue weighted by Gasteiger charge is 2.29. The zero-order valence-corrected chi connectivity index (χ0v) is 12.7. The molecule has 0 heterocycles. The molecule has 1 aromatic carbocycles. The molecule has 1 nitrogen and oxygen atoms in total. The first kappa shape index (κ1) is 13.4. The van der Waals surface area contributed by atoms with Crippen LogP contribution in [0.5, 0.6) is 0 Å². The van der Waals surface area contributed by atoms with Gasteiger partial charge >= 0.3 is 0 Å². The molecule has 1 N–H and O–H groups in total. The van der Waals surface area contributed by atoms with E-state index in [-0.39, 0.29) is 0 Å². The van der Waals surface area contributed by atoms with Gasteiger partial charge in [-0.25, -0.2) is 0 Å². The van der Waals surface area contributed by atoms with Gasteiger partial charge in [-0.1, -0.05) is 47.4 Å². The predicted octanol–water partition coefficient (Wildman–Crippen LogP) is 4.63. The van der Waals surface area contributed by atoms with Gasteiger partial charge in [0.05, 0.1) is 0 Å². The van der Waals surface area contributed by atoms with E-state index in [0.717, 1.165) is 27.9 Å². The molecule has 1 aliphatic rings. The molecule has 0 aromatic heterocycles. The SMILES string of the molecule is CC1CCC(NCc2ccc(Cl)cc2Br)C1C. The van der Waals surface area contributed by atoms with Crippen molar-refractivity contribution in [3.63, 3.8) is 0 Å². The molecular weight excluding hydrogens is 298 g/mol. The van der Waals surface area contributed by atoms with Crippen molar-refractivity contribution < 1.29 is 0 Å². The fourth-order valence-electron chi connectivity index (χ4n) is 2.56. The third-order valence-electron chi connectivity index (χ3n) is 4.04. The number of nitrogens with one attached hydrogen (secondary N) is 1. The van der Waals surface area contributed by atoms with Crippen LogP contribution >= 0.6 is 27.5 Å². The molecule has 3 unspecified atom stereocenters. The summed E-state index contributed by atoms with van der Waals surface area (Å²) in [6, 6.07) is 6.65. The third-order valence-corrected chi connectivity index (χ3v) is 5.01.